The van der Waals surface area contributed by atoms with Gasteiger partial charge in [-0.1, -0.05) is 18.2 Å². The maximum absolute atomic E-state index is 13.6. The van der Waals surface area contributed by atoms with E-state index in [0.717, 1.165) is 25.3 Å². The monoisotopic (exact) mass is 395 g/mol. The average Bonchev–Trinajstić information content (AvgIpc) is 2.53. The number of hydrogen-bond acceptors (Lipinski definition) is 2. The zero-order chi connectivity index (χ0) is 20.4. The zero-order valence-corrected chi connectivity index (χ0v) is 13.6. The molecule has 1 amide bonds. The number of carbonyl (C=O) groups excluding carboxylic acids is 1. The summed E-state index contributed by atoms with van der Waals surface area (Å²) in [6.07, 6.45) is -11.1. The molecule has 0 fully saturated rings. The summed E-state index contributed by atoms with van der Waals surface area (Å²) in [6.45, 7) is 0. The van der Waals surface area contributed by atoms with Crippen LogP contribution in [0.4, 0.5) is 36.4 Å². The second-order valence-electron chi connectivity index (χ2n) is 5.41. The molecule has 146 valence electrons. The normalized spacial score (nSPS) is 12.2. The van der Waals surface area contributed by atoms with Gasteiger partial charge in [-0.05, 0) is 29.8 Å². The van der Waals surface area contributed by atoms with Gasteiger partial charge in [0.15, 0.2) is 5.92 Å². The lowest BCUT2D eigenvalue weighted by atomic mass is 9.97. The number of methoxy groups -OCH3 is 1. The third-order valence-electron chi connectivity index (χ3n) is 3.58. The van der Waals surface area contributed by atoms with E-state index in [1.807, 2.05) is 0 Å². The molecular formula is C17H12F7NO2. The Morgan fingerprint density at radius 3 is 2.11 bits per heavy atom. The van der Waals surface area contributed by atoms with Crippen LogP contribution < -0.4 is 10.1 Å². The number of hydrogen-bond donors (Lipinski definition) is 1. The van der Waals surface area contributed by atoms with Crippen molar-refractivity contribution in [2.75, 3.05) is 12.4 Å². The molecule has 0 saturated heterocycles. The molecule has 10 heteroatoms. The van der Waals surface area contributed by atoms with Crippen molar-refractivity contribution in [2.24, 2.45) is 0 Å². The number of nitrogens with one attached hydrogen (secondary N) is 1. The molecule has 0 spiro atoms. The second kappa shape index (κ2) is 7.45. The van der Waals surface area contributed by atoms with E-state index >= 15 is 0 Å². The summed E-state index contributed by atoms with van der Waals surface area (Å²) in [5.74, 6) is -5.94. The topological polar surface area (TPSA) is 38.3 Å². The van der Waals surface area contributed by atoms with Crippen LogP contribution in [0.5, 0.6) is 5.75 Å². The lowest BCUT2D eigenvalue weighted by Gasteiger charge is -2.24. The molecule has 0 aliphatic carbocycles. The molecule has 0 aliphatic rings. The van der Waals surface area contributed by atoms with E-state index in [9.17, 15) is 35.5 Å². The smallest absolute Gasteiger partial charge is 0.404 e. The molecule has 0 radical (unpaired) electrons. The van der Waals surface area contributed by atoms with Crippen LogP contribution in [0, 0.1) is 5.82 Å². The minimum Gasteiger partial charge on any atom is -0.495 e. The molecule has 1 N–H and O–H groups in total. The predicted octanol–water partition coefficient (Wildman–Crippen LogP) is 5.29. The number of rotatable bonds is 4. The molecule has 0 unspecified atom stereocenters. The van der Waals surface area contributed by atoms with E-state index in [4.69, 9.17) is 4.74 Å². The van der Waals surface area contributed by atoms with Gasteiger partial charge in [-0.3, -0.25) is 4.79 Å². The Hall–Kier alpha value is -2.78. The number of alkyl halides is 6. The van der Waals surface area contributed by atoms with Crippen molar-refractivity contribution in [2.45, 2.75) is 18.3 Å². The van der Waals surface area contributed by atoms with Gasteiger partial charge in [-0.15, -0.1) is 0 Å². The molecule has 2 rings (SSSR count). The van der Waals surface area contributed by atoms with E-state index in [1.165, 1.54) is 12.1 Å². The van der Waals surface area contributed by atoms with Crippen LogP contribution in [0.15, 0.2) is 42.5 Å². The highest BCUT2D eigenvalue weighted by molar-refractivity contribution is 6.05. The highest BCUT2D eigenvalue weighted by Gasteiger charge is 2.57. The number of carbonyl (C=O) groups is 1. The third-order valence-corrected chi connectivity index (χ3v) is 3.58. The molecule has 0 heterocycles. The van der Waals surface area contributed by atoms with Crippen LogP contribution in [0.3, 0.4) is 0 Å². The van der Waals surface area contributed by atoms with Crippen molar-refractivity contribution in [3.05, 3.63) is 59.4 Å². The first-order valence-electron chi connectivity index (χ1n) is 7.32. The Kier molecular flexibility index (Phi) is 5.67. The maximum atomic E-state index is 13.6. The zero-order valence-electron chi connectivity index (χ0n) is 13.6. The summed E-state index contributed by atoms with van der Waals surface area (Å²) in [5, 5.41) is 2.20. The van der Waals surface area contributed by atoms with Gasteiger partial charge in [0.05, 0.1) is 18.4 Å². The van der Waals surface area contributed by atoms with Crippen LogP contribution in [0.1, 0.15) is 21.8 Å². The Labute approximate surface area is 148 Å². The first kappa shape index (κ1) is 20.5. The van der Waals surface area contributed by atoms with Gasteiger partial charge in [0.25, 0.3) is 5.91 Å². The van der Waals surface area contributed by atoms with Crippen molar-refractivity contribution < 1.29 is 40.3 Å². The summed E-state index contributed by atoms with van der Waals surface area (Å²) in [4.78, 5) is 12.1. The Balaban J connectivity index is 2.39. The molecule has 3 nitrogen and oxygen atoms in total. The van der Waals surface area contributed by atoms with Gasteiger partial charge < -0.3 is 10.1 Å². The van der Waals surface area contributed by atoms with Crippen LogP contribution >= 0.6 is 0 Å². The highest BCUT2D eigenvalue weighted by atomic mass is 19.4. The average molecular weight is 395 g/mol. The van der Waals surface area contributed by atoms with Gasteiger partial charge in [0.2, 0.25) is 0 Å². The Bertz CT molecular complexity index is 817. The minimum absolute atomic E-state index is 0.211. The number of halogens is 7. The van der Waals surface area contributed by atoms with Crippen molar-refractivity contribution in [1.29, 1.82) is 0 Å². The molecule has 0 aliphatic heterocycles. The lowest BCUT2D eigenvalue weighted by Crippen LogP contribution is -2.34. The number of benzene rings is 2. The molecule has 27 heavy (non-hydrogen) atoms. The van der Waals surface area contributed by atoms with E-state index in [1.54, 1.807) is 0 Å². The fraction of sp³-hybridized carbons (Fsp3) is 0.235. The maximum Gasteiger partial charge on any atom is 0.404 e. The van der Waals surface area contributed by atoms with E-state index < -0.39 is 41.3 Å². The molecule has 0 saturated carbocycles. The van der Waals surface area contributed by atoms with Crippen LogP contribution in [-0.2, 0) is 0 Å². The van der Waals surface area contributed by atoms with Gasteiger partial charge in [-0.2, -0.15) is 26.3 Å². The van der Waals surface area contributed by atoms with Crippen LogP contribution in [-0.4, -0.2) is 25.4 Å². The summed E-state index contributed by atoms with van der Waals surface area (Å²) in [6, 6.07) is 6.85. The molecule has 0 aromatic heterocycles. The lowest BCUT2D eigenvalue weighted by molar-refractivity contribution is -0.253. The van der Waals surface area contributed by atoms with Gasteiger partial charge in [0, 0.05) is 0 Å². The number of ether oxygens (including phenoxy) is 1. The summed E-state index contributed by atoms with van der Waals surface area (Å²) >= 11 is 0. The molecule has 2 aromatic rings. The minimum atomic E-state index is -5.57. The van der Waals surface area contributed by atoms with Crippen molar-refractivity contribution in [3.63, 3.8) is 0 Å². The van der Waals surface area contributed by atoms with Crippen molar-refractivity contribution in [1.82, 2.24) is 0 Å². The second-order valence-corrected chi connectivity index (χ2v) is 5.41. The standard InChI is InChI=1S/C17H12F7NO2/c1-27-13-8-9(14(16(19,20)21)17(22,23)24)6-7-12(13)25-15(26)10-4-2-3-5-11(10)18/h2-8,14H,1H3,(H,25,26). The molecule has 0 bridgehead atoms. The largest absolute Gasteiger partial charge is 0.495 e. The van der Waals surface area contributed by atoms with Gasteiger partial charge in [-0.25, -0.2) is 4.39 Å². The van der Waals surface area contributed by atoms with E-state index in [-0.39, 0.29) is 11.3 Å². The fourth-order valence-electron chi connectivity index (χ4n) is 2.39. The molecule has 2 aromatic carbocycles. The number of anilines is 1. The summed E-state index contributed by atoms with van der Waals surface area (Å²) in [5.41, 5.74) is -1.67. The SMILES string of the molecule is COc1cc(C(C(F)(F)F)C(F)(F)F)ccc1NC(=O)c1ccccc1F. The van der Waals surface area contributed by atoms with Crippen molar-refractivity contribution in [3.8, 4) is 5.75 Å². The first-order chi connectivity index (χ1) is 12.4. The van der Waals surface area contributed by atoms with Crippen molar-refractivity contribution >= 4 is 11.6 Å². The Morgan fingerprint density at radius 1 is 1.00 bits per heavy atom. The third kappa shape index (κ3) is 4.69. The predicted molar refractivity (Wildman–Crippen MR) is 82.2 cm³/mol. The fourth-order valence-corrected chi connectivity index (χ4v) is 2.39. The van der Waals surface area contributed by atoms with Gasteiger partial charge in [0.1, 0.15) is 11.6 Å². The molecular weight excluding hydrogens is 383 g/mol. The first-order valence-corrected chi connectivity index (χ1v) is 7.32. The summed E-state index contributed by atoms with van der Waals surface area (Å²) < 4.78 is 95.5. The summed E-state index contributed by atoms with van der Waals surface area (Å²) in [7, 11) is 1.01. The molecule has 0 atom stereocenters. The van der Waals surface area contributed by atoms with E-state index in [2.05, 4.69) is 5.32 Å². The van der Waals surface area contributed by atoms with Crippen LogP contribution in [0.25, 0.3) is 0 Å². The van der Waals surface area contributed by atoms with Crippen LogP contribution in [0.2, 0.25) is 0 Å². The highest BCUT2D eigenvalue weighted by Crippen LogP contribution is 2.47. The number of amides is 1. The van der Waals surface area contributed by atoms with Gasteiger partial charge >= 0.3 is 12.4 Å². The van der Waals surface area contributed by atoms with E-state index in [0.29, 0.717) is 12.1 Å². The quantitative estimate of drug-likeness (QED) is 0.714. The Morgan fingerprint density at radius 2 is 1.59 bits per heavy atom.